The zero-order chi connectivity index (χ0) is 15.4. The third-order valence-electron chi connectivity index (χ3n) is 3.25. The van der Waals surface area contributed by atoms with Crippen LogP contribution in [0, 0.1) is 16.0 Å². The van der Waals surface area contributed by atoms with Crippen LogP contribution in [0.3, 0.4) is 0 Å². The molecule has 1 aromatic rings. The molecule has 1 N–H and O–H groups in total. The number of carboxylic acids is 1. The molecule has 1 aromatic carbocycles. The van der Waals surface area contributed by atoms with Gasteiger partial charge in [0.15, 0.2) is 0 Å². The molecule has 0 saturated carbocycles. The zero-order valence-corrected chi connectivity index (χ0v) is 11.1. The van der Waals surface area contributed by atoms with Crippen molar-refractivity contribution in [2.45, 2.75) is 6.42 Å². The quantitative estimate of drug-likeness (QED) is 0.503. The molecule has 1 aliphatic rings. The molecule has 1 aliphatic heterocycles. The molecule has 0 bridgehead atoms. The zero-order valence-electron chi connectivity index (χ0n) is 11.1. The number of amides is 1. The van der Waals surface area contributed by atoms with Gasteiger partial charge in [0.2, 0.25) is 5.91 Å². The van der Waals surface area contributed by atoms with Crippen LogP contribution in [0.1, 0.15) is 12.0 Å². The summed E-state index contributed by atoms with van der Waals surface area (Å²) in [5.41, 5.74) is 0.689. The number of aliphatic carboxylic acids is 1. The molecular formula is C14H14N2O5. The molecule has 0 atom stereocenters. The predicted molar refractivity (Wildman–Crippen MR) is 74.5 cm³/mol. The second-order valence-electron chi connectivity index (χ2n) is 4.89. The number of non-ortho nitro benzene ring substituents is 1. The number of hydrogen-bond donors (Lipinski definition) is 1. The van der Waals surface area contributed by atoms with Crippen LogP contribution in [0.5, 0.6) is 0 Å². The lowest BCUT2D eigenvalue weighted by molar-refractivity contribution is -0.384. The van der Waals surface area contributed by atoms with Crippen molar-refractivity contribution >= 4 is 23.6 Å². The van der Waals surface area contributed by atoms with E-state index in [0.29, 0.717) is 18.7 Å². The molecule has 1 fully saturated rings. The van der Waals surface area contributed by atoms with Crippen LogP contribution in [0.4, 0.5) is 5.69 Å². The molecule has 1 saturated heterocycles. The minimum absolute atomic E-state index is 0.00210. The first-order valence-electron chi connectivity index (χ1n) is 6.39. The van der Waals surface area contributed by atoms with Gasteiger partial charge in [-0.15, -0.1) is 0 Å². The van der Waals surface area contributed by atoms with Crippen molar-refractivity contribution in [2.75, 3.05) is 13.1 Å². The average molecular weight is 290 g/mol. The van der Waals surface area contributed by atoms with E-state index in [2.05, 4.69) is 0 Å². The van der Waals surface area contributed by atoms with Gasteiger partial charge < -0.3 is 10.0 Å². The molecule has 0 unspecified atom stereocenters. The van der Waals surface area contributed by atoms with E-state index < -0.39 is 10.9 Å². The van der Waals surface area contributed by atoms with Crippen molar-refractivity contribution in [1.82, 2.24) is 4.90 Å². The highest BCUT2D eigenvalue weighted by atomic mass is 16.6. The van der Waals surface area contributed by atoms with E-state index in [-0.39, 0.29) is 23.9 Å². The number of carbonyl (C=O) groups is 2. The van der Waals surface area contributed by atoms with E-state index >= 15 is 0 Å². The summed E-state index contributed by atoms with van der Waals surface area (Å²) in [6, 6.07) is 5.86. The van der Waals surface area contributed by atoms with Crippen molar-refractivity contribution in [1.29, 1.82) is 0 Å². The Balaban J connectivity index is 1.86. The lowest BCUT2D eigenvalue weighted by Gasteiger charge is -2.37. The van der Waals surface area contributed by atoms with Crippen LogP contribution in [0.2, 0.25) is 0 Å². The molecule has 1 heterocycles. The molecule has 1 amide bonds. The summed E-state index contributed by atoms with van der Waals surface area (Å²) in [5.74, 6) is -1.01. The number of nitrogens with zero attached hydrogens (tertiary/aromatic N) is 2. The Hall–Kier alpha value is -2.70. The van der Waals surface area contributed by atoms with Crippen LogP contribution in [-0.4, -0.2) is 39.9 Å². The van der Waals surface area contributed by atoms with E-state index in [4.69, 9.17) is 5.11 Å². The van der Waals surface area contributed by atoms with Gasteiger partial charge in [-0.2, -0.15) is 0 Å². The van der Waals surface area contributed by atoms with E-state index in [1.807, 2.05) is 0 Å². The lowest BCUT2D eigenvalue weighted by Crippen LogP contribution is -2.49. The van der Waals surface area contributed by atoms with Crippen molar-refractivity contribution in [3.8, 4) is 0 Å². The molecule has 0 spiro atoms. The van der Waals surface area contributed by atoms with Crippen molar-refractivity contribution in [2.24, 2.45) is 5.92 Å². The SMILES string of the molecule is O=C(O)CC1CN(C(=O)C=Cc2ccc([N+](=O)[O-])cc2)C1. The summed E-state index contributed by atoms with van der Waals surface area (Å²) in [6.45, 7) is 0.908. The second kappa shape index (κ2) is 6.17. The van der Waals surface area contributed by atoms with Gasteiger partial charge in [-0.3, -0.25) is 19.7 Å². The molecule has 21 heavy (non-hydrogen) atoms. The number of nitro benzene ring substituents is 1. The predicted octanol–water partition coefficient (Wildman–Crippen LogP) is 1.54. The number of hydrogen-bond acceptors (Lipinski definition) is 4. The smallest absolute Gasteiger partial charge is 0.303 e. The summed E-state index contributed by atoms with van der Waals surface area (Å²) in [5, 5.41) is 19.1. The summed E-state index contributed by atoms with van der Waals surface area (Å²) in [4.78, 5) is 33.9. The maximum absolute atomic E-state index is 11.8. The maximum atomic E-state index is 11.8. The van der Waals surface area contributed by atoms with Gasteiger partial charge in [-0.1, -0.05) is 0 Å². The molecule has 2 rings (SSSR count). The van der Waals surface area contributed by atoms with Gasteiger partial charge in [-0.25, -0.2) is 0 Å². The van der Waals surface area contributed by atoms with Crippen LogP contribution >= 0.6 is 0 Å². The summed E-state index contributed by atoms with van der Waals surface area (Å²) < 4.78 is 0. The minimum atomic E-state index is -0.853. The molecule has 0 aromatic heterocycles. The summed E-state index contributed by atoms with van der Waals surface area (Å²) >= 11 is 0. The van der Waals surface area contributed by atoms with Crippen molar-refractivity contribution < 1.29 is 19.6 Å². The molecular weight excluding hydrogens is 276 g/mol. The minimum Gasteiger partial charge on any atom is -0.481 e. The highest BCUT2D eigenvalue weighted by Gasteiger charge is 2.30. The maximum Gasteiger partial charge on any atom is 0.303 e. The Labute approximate surface area is 120 Å². The largest absolute Gasteiger partial charge is 0.481 e. The number of rotatable bonds is 5. The lowest BCUT2D eigenvalue weighted by atomic mass is 9.96. The first-order valence-corrected chi connectivity index (χ1v) is 6.39. The number of carboxylic acid groups (broad SMARTS) is 1. The highest BCUT2D eigenvalue weighted by molar-refractivity contribution is 5.92. The summed E-state index contributed by atoms with van der Waals surface area (Å²) in [6.07, 6.45) is 3.05. The average Bonchev–Trinajstić information content (AvgIpc) is 2.40. The van der Waals surface area contributed by atoms with Crippen LogP contribution < -0.4 is 0 Å². The van der Waals surface area contributed by atoms with E-state index in [1.54, 1.807) is 23.1 Å². The van der Waals surface area contributed by atoms with E-state index in [1.165, 1.54) is 18.2 Å². The van der Waals surface area contributed by atoms with Gasteiger partial charge in [-0.05, 0) is 23.8 Å². The Bertz CT molecular complexity index is 588. The molecule has 7 nitrogen and oxygen atoms in total. The first-order chi connectivity index (χ1) is 9.95. The van der Waals surface area contributed by atoms with Gasteiger partial charge in [0, 0.05) is 37.2 Å². The third-order valence-corrected chi connectivity index (χ3v) is 3.25. The van der Waals surface area contributed by atoms with Crippen LogP contribution in [0.15, 0.2) is 30.3 Å². The Morgan fingerprint density at radius 2 is 1.95 bits per heavy atom. The molecule has 110 valence electrons. The Morgan fingerprint density at radius 3 is 2.48 bits per heavy atom. The third kappa shape index (κ3) is 3.88. The number of likely N-dealkylation sites (tertiary alicyclic amines) is 1. The van der Waals surface area contributed by atoms with Gasteiger partial charge in [0.05, 0.1) is 11.3 Å². The fraction of sp³-hybridized carbons (Fsp3) is 0.286. The fourth-order valence-corrected chi connectivity index (χ4v) is 2.11. The molecule has 0 radical (unpaired) electrons. The van der Waals surface area contributed by atoms with Crippen molar-refractivity contribution in [3.05, 3.63) is 46.0 Å². The normalized spacial score (nSPS) is 15.0. The molecule has 0 aliphatic carbocycles. The van der Waals surface area contributed by atoms with E-state index in [0.717, 1.165) is 0 Å². The standard InChI is InChI=1S/C14H14N2O5/c17-13(15-8-11(9-15)7-14(18)19)6-3-10-1-4-12(5-2-10)16(20)21/h1-6,11H,7-9H2,(H,18,19). The fourth-order valence-electron chi connectivity index (χ4n) is 2.11. The Kier molecular flexibility index (Phi) is 4.32. The monoisotopic (exact) mass is 290 g/mol. The van der Waals surface area contributed by atoms with Gasteiger partial charge in [0.1, 0.15) is 0 Å². The number of nitro groups is 1. The van der Waals surface area contributed by atoms with E-state index in [9.17, 15) is 19.7 Å². The van der Waals surface area contributed by atoms with Crippen LogP contribution in [0.25, 0.3) is 6.08 Å². The van der Waals surface area contributed by atoms with Gasteiger partial charge >= 0.3 is 5.97 Å². The number of carbonyl (C=O) groups excluding carboxylic acids is 1. The molecule has 7 heteroatoms. The Morgan fingerprint density at radius 1 is 1.33 bits per heavy atom. The topological polar surface area (TPSA) is 101 Å². The van der Waals surface area contributed by atoms with Crippen molar-refractivity contribution in [3.63, 3.8) is 0 Å². The second-order valence-corrected chi connectivity index (χ2v) is 4.89. The summed E-state index contributed by atoms with van der Waals surface area (Å²) in [7, 11) is 0. The number of benzene rings is 1. The van der Waals surface area contributed by atoms with Gasteiger partial charge in [0.25, 0.3) is 5.69 Å². The first kappa shape index (κ1) is 14.7. The highest BCUT2D eigenvalue weighted by Crippen LogP contribution is 2.19. The van der Waals surface area contributed by atoms with Crippen LogP contribution in [-0.2, 0) is 9.59 Å².